The summed E-state index contributed by atoms with van der Waals surface area (Å²) in [7, 11) is 1.94. The second kappa shape index (κ2) is 7.56. The highest BCUT2D eigenvalue weighted by Gasteiger charge is 2.54. The molecule has 2 saturated heterocycles. The molecule has 2 aliphatic heterocycles. The highest BCUT2D eigenvalue weighted by atomic mass is 16.2. The molecule has 6 nitrogen and oxygen atoms in total. The second-order valence-corrected chi connectivity index (χ2v) is 9.45. The van der Waals surface area contributed by atoms with Crippen LogP contribution in [-0.4, -0.2) is 50.8 Å². The number of amides is 2. The molecule has 5 rings (SSSR count). The van der Waals surface area contributed by atoms with E-state index in [9.17, 15) is 9.59 Å². The maximum absolute atomic E-state index is 13.6. The van der Waals surface area contributed by atoms with Gasteiger partial charge in [-0.3, -0.25) is 9.59 Å². The van der Waals surface area contributed by atoms with Gasteiger partial charge in [0.25, 0.3) is 0 Å². The summed E-state index contributed by atoms with van der Waals surface area (Å²) in [6.45, 7) is 2.27. The highest BCUT2D eigenvalue weighted by molar-refractivity contribution is 5.87. The van der Waals surface area contributed by atoms with Crippen molar-refractivity contribution in [1.82, 2.24) is 19.4 Å². The molecule has 0 N–H and O–H groups in total. The maximum atomic E-state index is 13.6. The number of aromatic nitrogens is 2. The SMILES string of the molecule is Cn1cnc([C@H]2C[C@@]3(CCCN(CC4CC4)C3=O)CN2C(=O)Cc2ccccc2)c1. The molecule has 1 aromatic heterocycles. The first-order valence-electron chi connectivity index (χ1n) is 11.1. The van der Waals surface area contributed by atoms with E-state index < -0.39 is 5.41 Å². The van der Waals surface area contributed by atoms with Crippen LogP contribution in [0, 0.1) is 11.3 Å². The van der Waals surface area contributed by atoms with E-state index in [0.717, 1.165) is 37.2 Å². The van der Waals surface area contributed by atoms with Gasteiger partial charge in [-0.15, -0.1) is 0 Å². The first-order chi connectivity index (χ1) is 14.5. The summed E-state index contributed by atoms with van der Waals surface area (Å²) in [6.07, 6.45) is 9.19. The van der Waals surface area contributed by atoms with E-state index >= 15 is 0 Å². The molecule has 1 aliphatic carbocycles. The summed E-state index contributed by atoms with van der Waals surface area (Å²) in [5, 5.41) is 0. The van der Waals surface area contributed by atoms with Crippen molar-refractivity contribution in [2.75, 3.05) is 19.6 Å². The largest absolute Gasteiger partial charge is 0.342 e. The Hall–Kier alpha value is -2.63. The lowest BCUT2D eigenvalue weighted by Gasteiger charge is -2.39. The average Bonchev–Trinajstić information content (AvgIpc) is 3.32. The lowest BCUT2D eigenvalue weighted by atomic mass is 9.76. The molecule has 1 spiro atoms. The molecule has 3 aliphatic rings. The summed E-state index contributed by atoms with van der Waals surface area (Å²) in [4.78, 5) is 35.5. The van der Waals surface area contributed by atoms with Gasteiger partial charge in [0.2, 0.25) is 11.8 Å². The van der Waals surface area contributed by atoms with Gasteiger partial charge in [0.15, 0.2) is 0 Å². The quantitative estimate of drug-likeness (QED) is 0.767. The van der Waals surface area contributed by atoms with E-state index in [1.165, 1.54) is 12.8 Å². The molecule has 2 aromatic rings. The third-order valence-corrected chi connectivity index (χ3v) is 7.02. The number of hydrogen-bond donors (Lipinski definition) is 0. The summed E-state index contributed by atoms with van der Waals surface area (Å²) in [5.41, 5.74) is 1.44. The van der Waals surface area contributed by atoms with E-state index in [2.05, 4.69) is 9.88 Å². The number of carbonyl (C=O) groups excluding carboxylic acids is 2. The van der Waals surface area contributed by atoms with Gasteiger partial charge in [-0.25, -0.2) is 4.98 Å². The van der Waals surface area contributed by atoms with Gasteiger partial charge < -0.3 is 14.4 Å². The molecule has 30 heavy (non-hydrogen) atoms. The van der Waals surface area contributed by atoms with E-state index in [1.54, 1.807) is 6.33 Å². The van der Waals surface area contributed by atoms with Crippen LogP contribution in [0.4, 0.5) is 0 Å². The predicted molar refractivity (Wildman–Crippen MR) is 113 cm³/mol. The highest BCUT2D eigenvalue weighted by Crippen LogP contribution is 2.49. The molecule has 3 heterocycles. The summed E-state index contributed by atoms with van der Waals surface area (Å²) in [6, 6.07) is 9.73. The Bertz CT molecular complexity index is 936. The van der Waals surface area contributed by atoms with E-state index in [0.29, 0.717) is 25.3 Å². The van der Waals surface area contributed by atoms with E-state index in [-0.39, 0.29) is 17.9 Å². The number of rotatable bonds is 5. The van der Waals surface area contributed by atoms with Gasteiger partial charge >= 0.3 is 0 Å². The number of carbonyl (C=O) groups is 2. The molecule has 0 unspecified atom stereocenters. The summed E-state index contributed by atoms with van der Waals surface area (Å²) < 4.78 is 1.92. The molecule has 0 radical (unpaired) electrons. The monoisotopic (exact) mass is 406 g/mol. The molecule has 1 saturated carbocycles. The van der Waals surface area contributed by atoms with Crippen LogP contribution < -0.4 is 0 Å². The topological polar surface area (TPSA) is 58.4 Å². The minimum atomic E-state index is -0.457. The molecule has 6 heteroatoms. The van der Waals surface area contributed by atoms with Crippen molar-refractivity contribution in [3.05, 3.63) is 54.1 Å². The number of aryl methyl sites for hydroxylation is 1. The maximum Gasteiger partial charge on any atom is 0.230 e. The zero-order valence-corrected chi connectivity index (χ0v) is 17.7. The fourth-order valence-electron chi connectivity index (χ4n) is 5.26. The minimum Gasteiger partial charge on any atom is -0.342 e. The fourth-order valence-corrected chi connectivity index (χ4v) is 5.26. The van der Waals surface area contributed by atoms with Crippen molar-refractivity contribution in [1.29, 1.82) is 0 Å². The van der Waals surface area contributed by atoms with E-state index in [1.807, 2.05) is 53.0 Å². The lowest BCUT2D eigenvalue weighted by molar-refractivity contribution is -0.146. The van der Waals surface area contributed by atoms with Gasteiger partial charge in [-0.1, -0.05) is 30.3 Å². The molecule has 158 valence electrons. The third-order valence-electron chi connectivity index (χ3n) is 7.02. The number of nitrogens with zero attached hydrogens (tertiary/aromatic N) is 4. The van der Waals surface area contributed by atoms with Crippen LogP contribution in [0.1, 0.15) is 49.4 Å². The summed E-state index contributed by atoms with van der Waals surface area (Å²) >= 11 is 0. The van der Waals surface area contributed by atoms with Crippen molar-refractivity contribution in [3.8, 4) is 0 Å². The Labute approximate surface area is 177 Å². The average molecular weight is 407 g/mol. The van der Waals surface area contributed by atoms with Crippen LogP contribution in [-0.2, 0) is 23.1 Å². The first kappa shape index (κ1) is 19.3. The number of likely N-dealkylation sites (tertiary alicyclic amines) is 2. The van der Waals surface area contributed by atoms with Crippen molar-refractivity contribution in [3.63, 3.8) is 0 Å². The van der Waals surface area contributed by atoms with Gasteiger partial charge in [-0.05, 0) is 43.6 Å². The normalized spacial score (nSPS) is 26.6. The van der Waals surface area contributed by atoms with Crippen LogP contribution in [0.15, 0.2) is 42.9 Å². The van der Waals surface area contributed by atoms with Crippen LogP contribution >= 0.6 is 0 Å². The Morgan fingerprint density at radius 3 is 2.73 bits per heavy atom. The van der Waals surface area contributed by atoms with Crippen LogP contribution in [0.3, 0.4) is 0 Å². The van der Waals surface area contributed by atoms with Crippen LogP contribution in [0.25, 0.3) is 0 Å². The molecule has 0 bridgehead atoms. The zero-order chi connectivity index (χ0) is 20.7. The molecular weight excluding hydrogens is 376 g/mol. The van der Waals surface area contributed by atoms with Crippen molar-refractivity contribution in [2.24, 2.45) is 18.4 Å². The molecule has 1 aromatic carbocycles. The number of benzene rings is 1. The molecule has 2 amide bonds. The van der Waals surface area contributed by atoms with Gasteiger partial charge in [-0.2, -0.15) is 0 Å². The zero-order valence-electron chi connectivity index (χ0n) is 17.7. The Morgan fingerprint density at radius 1 is 1.23 bits per heavy atom. The lowest BCUT2D eigenvalue weighted by Crippen LogP contribution is -2.51. The first-order valence-corrected chi connectivity index (χ1v) is 11.1. The second-order valence-electron chi connectivity index (χ2n) is 9.45. The van der Waals surface area contributed by atoms with Gasteiger partial charge in [0.05, 0.1) is 29.9 Å². The predicted octanol–water partition coefficient (Wildman–Crippen LogP) is 2.96. The number of hydrogen-bond acceptors (Lipinski definition) is 3. The number of imidazole rings is 1. The van der Waals surface area contributed by atoms with E-state index in [4.69, 9.17) is 0 Å². The van der Waals surface area contributed by atoms with Gasteiger partial charge in [0.1, 0.15) is 0 Å². The minimum absolute atomic E-state index is 0.0841. The molecule has 3 fully saturated rings. The van der Waals surface area contributed by atoms with Crippen LogP contribution in [0.5, 0.6) is 0 Å². The molecule has 2 atom stereocenters. The smallest absolute Gasteiger partial charge is 0.230 e. The van der Waals surface area contributed by atoms with Crippen LogP contribution in [0.2, 0.25) is 0 Å². The van der Waals surface area contributed by atoms with Gasteiger partial charge in [0, 0.05) is 32.9 Å². The van der Waals surface area contributed by atoms with Crippen molar-refractivity contribution < 1.29 is 9.59 Å². The fraction of sp³-hybridized carbons (Fsp3) is 0.542. The van der Waals surface area contributed by atoms with Crippen molar-refractivity contribution in [2.45, 2.75) is 44.6 Å². The Morgan fingerprint density at radius 2 is 2.03 bits per heavy atom. The Kier molecular flexibility index (Phi) is 4.88. The summed E-state index contributed by atoms with van der Waals surface area (Å²) in [5.74, 6) is 1.03. The standard InChI is InChI=1S/C24H30N4O2/c1-26-15-20(25-17-26)21-13-24(10-5-11-27(23(24)30)14-19-8-9-19)16-28(21)22(29)12-18-6-3-2-4-7-18/h2-4,6-7,15,17,19,21H,5,8-14,16H2,1H3/t21-,24+/m1/s1. The number of piperidine rings is 1. The Balaban J connectivity index is 1.42. The molecular formula is C24H30N4O2. The third kappa shape index (κ3) is 3.64. The van der Waals surface area contributed by atoms with Crippen molar-refractivity contribution >= 4 is 11.8 Å².